The minimum Gasteiger partial charge on any atom is -0.453 e. The summed E-state index contributed by atoms with van der Waals surface area (Å²) in [6, 6.07) is 13.8. The van der Waals surface area contributed by atoms with Crippen LogP contribution in [0.1, 0.15) is 12.6 Å². The number of rotatable bonds is 11. The molecule has 4 aromatic heterocycles. The number of hydrogen-bond acceptors (Lipinski definition) is 7. The molecule has 0 saturated heterocycles. The first kappa shape index (κ1) is 26.7. The van der Waals surface area contributed by atoms with Crippen molar-refractivity contribution in [2.75, 3.05) is 12.4 Å². The van der Waals surface area contributed by atoms with Gasteiger partial charge in [0.25, 0.3) is 0 Å². The molecular weight excluding hydrogens is 504 g/mol. The SMILES string of the molecule is C=Cc1nc2c(cc1Oc1ccc(S(=O)(=O)CC)nc1)cc(-c1ccccn1)n2COCC[Si](C)(C)C. The van der Waals surface area contributed by atoms with Gasteiger partial charge in [0.2, 0.25) is 0 Å². The molecule has 0 amide bonds. The first-order valence-electron chi connectivity index (χ1n) is 12.1. The molecule has 0 aliphatic heterocycles. The minimum absolute atomic E-state index is 0.0150. The Kier molecular flexibility index (Phi) is 7.91. The number of ether oxygens (including phenoxy) is 2. The maximum atomic E-state index is 12.1. The lowest BCUT2D eigenvalue weighted by Gasteiger charge is -2.17. The summed E-state index contributed by atoms with van der Waals surface area (Å²) in [5.41, 5.74) is 2.98. The number of sulfone groups is 1. The van der Waals surface area contributed by atoms with Gasteiger partial charge in [0.1, 0.15) is 23.8 Å². The van der Waals surface area contributed by atoms with Gasteiger partial charge >= 0.3 is 0 Å². The highest BCUT2D eigenvalue weighted by molar-refractivity contribution is 7.91. The van der Waals surface area contributed by atoms with Gasteiger partial charge in [-0.3, -0.25) is 9.55 Å². The number of aromatic nitrogens is 4. The molecule has 0 spiro atoms. The summed E-state index contributed by atoms with van der Waals surface area (Å²) in [7, 11) is -4.61. The monoisotopic (exact) mass is 536 g/mol. The number of nitrogens with zero attached hydrogens (tertiary/aromatic N) is 4. The van der Waals surface area contributed by atoms with Crippen molar-refractivity contribution in [3.05, 3.63) is 67.1 Å². The largest absolute Gasteiger partial charge is 0.453 e. The number of fused-ring (bicyclic) bond motifs is 1. The van der Waals surface area contributed by atoms with Gasteiger partial charge in [-0.15, -0.1) is 0 Å². The highest BCUT2D eigenvalue weighted by atomic mass is 32.2. The molecule has 0 fully saturated rings. The van der Waals surface area contributed by atoms with Gasteiger partial charge in [0.05, 0.1) is 23.3 Å². The first-order valence-corrected chi connectivity index (χ1v) is 17.5. The Hall–Kier alpha value is -3.34. The highest BCUT2D eigenvalue weighted by Gasteiger charge is 2.18. The molecule has 194 valence electrons. The third kappa shape index (κ3) is 6.33. The second-order valence-electron chi connectivity index (χ2n) is 9.85. The molecule has 0 unspecified atom stereocenters. The zero-order chi connectivity index (χ0) is 26.6. The van der Waals surface area contributed by atoms with Crippen molar-refractivity contribution < 1.29 is 17.9 Å². The Morgan fingerprint density at radius 3 is 2.54 bits per heavy atom. The normalized spacial score (nSPS) is 12.1. The molecule has 4 rings (SSSR count). The van der Waals surface area contributed by atoms with Gasteiger partial charge in [0.15, 0.2) is 20.6 Å². The van der Waals surface area contributed by atoms with Crippen molar-refractivity contribution in [1.82, 2.24) is 19.5 Å². The number of hydrogen-bond donors (Lipinski definition) is 0. The lowest BCUT2D eigenvalue weighted by Crippen LogP contribution is -2.22. The second kappa shape index (κ2) is 11.0. The molecule has 0 bridgehead atoms. The summed E-state index contributed by atoms with van der Waals surface area (Å²) in [6.45, 7) is 13.5. The van der Waals surface area contributed by atoms with E-state index in [1.54, 1.807) is 25.3 Å². The lowest BCUT2D eigenvalue weighted by molar-refractivity contribution is 0.0908. The third-order valence-electron chi connectivity index (χ3n) is 5.84. The molecule has 10 heteroatoms. The van der Waals surface area contributed by atoms with Crippen LogP contribution in [0.25, 0.3) is 28.5 Å². The van der Waals surface area contributed by atoms with Crippen molar-refractivity contribution in [3.8, 4) is 22.9 Å². The highest BCUT2D eigenvalue weighted by Crippen LogP contribution is 2.33. The van der Waals surface area contributed by atoms with E-state index in [9.17, 15) is 8.42 Å². The molecule has 0 aromatic carbocycles. The van der Waals surface area contributed by atoms with Gasteiger partial charge in [-0.05, 0) is 48.5 Å². The molecule has 37 heavy (non-hydrogen) atoms. The van der Waals surface area contributed by atoms with Crippen LogP contribution in [0.5, 0.6) is 11.5 Å². The Morgan fingerprint density at radius 1 is 1.11 bits per heavy atom. The van der Waals surface area contributed by atoms with Crippen molar-refractivity contribution in [2.24, 2.45) is 0 Å². The van der Waals surface area contributed by atoms with E-state index in [1.807, 2.05) is 34.9 Å². The van der Waals surface area contributed by atoms with E-state index in [1.165, 1.54) is 12.3 Å². The molecule has 0 radical (unpaired) electrons. The predicted molar refractivity (Wildman–Crippen MR) is 149 cm³/mol. The topological polar surface area (TPSA) is 96.2 Å². The Labute approximate surface area is 218 Å². The van der Waals surface area contributed by atoms with Crippen LogP contribution in [-0.4, -0.2) is 48.4 Å². The van der Waals surface area contributed by atoms with Gasteiger partial charge in [-0.25, -0.2) is 18.4 Å². The van der Waals surface area contributed by atoms with Crippen LogP contribution >= 0.6 is 0 Å². The van der Waals surface area contributed by atoms with E-state index in [0.717, 1.165) is 28.5 Å². The van der Waals surface area contributed by atoms with Crippen LogP contribution in [-0.2, 0) is 21.3 Å². The van der Waals surface area contributed by atoms with Gasteiger partial charge in [-0.1, -0.05) is 39.2 Å². The quantitative estimate of drug-likeness (QED) is 0.170. The van der Waals surface area contributed by atoms with E-state index in [0.29, 0.717) is 30.5 Å². The zero-order valence-electron chi connectivity index (χ0n) is 21.6. The first-order chi connectivity index (χ1) is 17.6. The molecule has 0 atom stereocenters. The summed E-state index contributed by atoms with van der Waals surface area (Å²) in [4.78, 5) is 13.4. The summed E-state index contributed by atoms with van der Waals surface area (Å²) in [6.07, 6.45) is 4.79. The van der Waals surface area contributed by atoms with Gasteiger partial charge in [-0.2, -0.15) is 0 Å². The molecule has 0 aliphatic rings. The Bertz CT molecular complexity index is 1500. The molecule has 0 N–H and O–H groups in total. The molecule has 0 saturated carbocycles. The van der Waals surface area contributed by atoms with Gasteiger partial charge in [0, 0.05) is 26.3 Å². The van der Waals surface area contributed by atoms with Crippen molar-refractivity contribution in [2.45, 2.75) is 44.4 Å². The van der Waals surface area contributed by atoms with E-state index >= 15 is 0 Å². The second-order valence-corrected chi connectivity index (χ2v) is 17.7. The zero-order valence-corrected chi connectivity index (χ0v) is 23.5. The van der Waals surface area contributed by atoms with Crippen molar-refractivity contribution in [1.29, 1.82) is 0 Å². The molecule has 8 nitrogen and oxygen atoms in total. The van der Waals surface area contributed by atoms with Crippen LogP contribution < -0.4 is 4.74 Å². The maximum Gasteiger partial charge on any atom is 0.195 e. The fourth-order valence-corrected chi connectivity index (χ4v) is 5.22. The Morgan fingerprint density at radius 2 is 1.92 bits per heavy atom. The van der Waals surface area contributed by atoms with Crippen LogP contribution in [0.4, 0.5) is 0 Å². The maximum absolute atomic E-state index is 12.1. The van der Waals surface area contributed by atoms with Crippen molar-refractivity contribution >= 4 is 35.0 Å². The van der Waals surface area contributed by atoms with Crippen molar-refractivity contribution in [3.63, 3.8) is 0 Å². The summed E-state index contributed by atoms with van der Waals surface area (Å²) < 4.78 is 38.3. The fraction of sp³-hybridized carbons (Fsp3) is 0.296. The van der Waals surface area contributed by atoms with Crippen LogP contribution in [0.3, 0.4) is 0 Å². The molecular formula is C27H32N4O4SSi. The van der Waals surface area contributed by atoms with E-state index in [2.05, 4.69) is 36.2 Å². The van der Waals surface area contributed by atoms with Crippen LogP contribution in [0.2, 0.25) is 25.7 Å². The standard InChI is InChI=1S/C27H32N4O4SSi/c1-6-22-25(35-21-11-12-26(29-18-21)36(32,33)7-2)17-20-16-24(23-10-8-9-13-28-23)31(27(20)30-22)19-34-14-15-37(3,4)5/h6,8-13,16-18H,1,7,14-15,19H2,2-5H3. The fourth-order valence-electron chi connectivity index (χ4n) is 3.68. The van der Waals surface area contributed by atoms with Crippen LogP contribution in [0, 0.1) is 0 Å². The minimum atomic E-state index is -3.39. The van der Waals surface area contributed by atoms with Crippen LogP contribution in [0.15, 0.2) is 66.5 Å². The summed E-state index contributed by atoms with van der Waals surface area (Å²) >= 11 is 0. The summed E-state index contributed by atoms with van der Waals surface area (Å²) in [5, 5.41) is 0.874. The average Bonchev–Trinajstić information content (AvgIpc) is 3.23. The van der Waals surface area contributed by atoms with E-state index in [4.69, 9.17) is 14.5 Å². The third-order valence-corrected chi connectivity index (χ3v) is 9.18. The van der Waals surface area contributed by atoms with Gasteiger partial charge < -0.3 is 9.47 Å². The smallest absolute Gasteiger partial charge is 0.195 e. The molecule has 4 heterocycles. The van der Waals surface area contributed by atoms with E-state index < -0.39 is 17.9 Å². The summed E-state index contributed by atoms with van der Waals surface area (Å²) in [5.74, 6) is 0.872. The lowest BCUT2D eigenvalue weighted by atomic mass is 10.2. The Balaban J connectivity index is 1.70. The average molecular weight is 537 g/mol. The predicted octanol–water partition coefficient (Wildman–Crippen LogP) is 6.03. The van der Waals surface area contributed by atoms with E-state index in [-0.39, 0.29) is 10.8 Å². The molecule has 4 aromatic rings. The molecule has 0 aliphatic carbocycles. The number of pyridine rings is 3.